The summed E-state index contributed by atoms with van der Waals surface area (Å²) in [5, 5.41) is 17.4. The third-order valence-corrected chi connectivity index (χ3v) is 9.92. The first-order valence-corrected chi connectivity index (χ1v) is 18.7. The summed E-state index contributed by atoms with van der Waals surface area (Å²) in [6.45, 7) is 10.7. The van der Waals surface area contributed by atoms with Crippen LogP contribution in [0.15, 0.2) is 90.5 Å². The molecule has 0 bridgehead atoms. The minimum absolute atomic E-state index is 0.0645. The normalized spacial score (nSPS) is 19.2. The van der Waals surface area contributed by atoms with Crippen LogP contribution in [-0.2, 0) is 21.8 Å². The van der Waals surface area contributed by atoms with Crippen molar-refractivity contribution in [2.75, 3.05) is 55.8 Å². The van der Waals surface area contributed by atoms with E-state index in [-0.39, 0.29) is 24.4 Å². The zero-order chi connectivity index (χ0) is 37.4. The predicted octanol–water partition coefficient (Wildman–Crippen LogP) is 5.97. The Kier molecular flexibility index (Phi) is 12.7. The number of hydrogen-bond acceptors (Lipinski definition) is 10. The number of rotatable bonds is 12. The third-order valence-electron chi connectivity index (χ3n) is 9.37. The standard InChI is InChI=1S/C35H38Cl2N8O4.C3H8O/c1-3-25(2)45-34(46)44(24-40-45)29-7-5-27(6-8-29)41-14-16-42(17-15-41)28-9-11-30(12-10-28)47-19-31-20-48-35(49-31,21-43-23-38-22-39-43)32-13-4-26(36)18-33(32)37;1-2-3-4/h4-13,18,22-25,31H,3,14-17,19-21H2,1-2H3;4H,2-3H2,1H3/t25?,31-,35-;/m0./s1. The van der Waals surface area contributed by atoms with E-state index in [4.69, 9.17) is 42.5 Å². The second-order valence-electron chi connectivity index (χ2n) is 13.0. The van der Waals surface area contributed by atoms with Gasteiger partial charge in [0.05, 0.1) is 23.4 Å². The van der Waals surface area contributed by atoms with Gasteiger partial charge in [0, 0.05) is 54.7 Å². The fraction of sp³-hybridized carbons (Fsp3) is 0.421. The van der Waals surface area contributed by atoms with E-state index in [1.165, 1.54) is 11.0 Å². The highest BCUT2D eigenvalue weighted by Crippen LogP contribution is 2.40. The molecule has 2 fully saturated rings. The van der Waals surface area contributed by atoms with E-state index in [1.807, 2.05) is 51.1 Å². The van der Waals surface area contributed by atoms with Crippen LogP contribution >= 0.6 is 23.2 Å². The molecule has 5 aromatic rings. The SMILES string of the molecule is CCC(C)n1ncn(-c2ccc(N3CCN(c4ccc(OC[C@H]5CO[C@](Cn6cncn6)(c6ccc(Cl)cc6Cl)O5)cc4)CC3)cc2)c1=O.CCCO. The van der Waals surface area contributed by atoms with E-state index in [0.717, 1.165) is 61.8 Å². The largest absolute Gasteiger partial charge is 0.491 e. The number of benzene rings is 3. The minimum atomic E-state index is -1.16. The van der Waals surface area contributed by atoms with Crippen molar-refractivity contribution in [3.63, 3.8) is 0 Å². The topological polar surface area (TPSA) is 125 Å². The Morgan fingerprint density at radius 3 is 2.15 bits per heavy atom. The van der Waals surface area contributed by atoms with Crippen LogP contribution in [0.4, 0.5) is 11.4 Å². The van der Waals surface area contributed by atoms with Gasteiger partial charge in [-0.2, -0.15) is 10.2 Å². The fourth-order valence-corrected chi connectivity index (χ4v) is 6.79. The maximum absolute atomic E-state index is 12.8. The van der Waals surface area contributed by atoms with Gasteiger partial charge in [-0.3, -0.25) is 0 Å². The molecule has 0 radical (unpaired) electrons. The average molecular weight is 766 g/mol. The third kappa shape index (κ3) is 9.05. The van der Waals surface area contributed by atoms with Crippen LogP contribution in [-0.4, -0.2) is 86.3 Å². The summed E-state index contributed by atoms with van der Waals surface area (Å²) in [5.74, 6) is -0.410. The van der Waals surface area contributed by atoms with Gasteiger partial charge in [-0.15, -0.1) is 0 Å². The van der Waals surface area contributed by atoms with Gasteiger partial charge < -0.3 is 29.1 Å². The Bertz CT molecular complexity index is 1940. The van der Waals surface area contributed by atoms with Crippen LogP contribution in [0.25, 0.3) is 5.69 Å². The van der Waals surface area contributed by atoms with E-state index in [2.05, 4.69) is 49.2 Å². The van der Waals surface area contributed by atoms with Gasteiger partial charge in [-0.25, -0.2) is 23.7 Å². The highest BCUT2D eigenvalue weighted by Gasteiger charge is 2.45. The van der Waals surface area contributed by atoms with Gasteiger partial charge in [0.2, 0.25) is 5.79 Å². The average Bonchev–Trinajstić information content (AvgIpc) is 3.95. The van der Waals surface area contributed by atoms with Crippen LogP contribution in [0.2, 0.25) is 10.0 Å². The number of piperazine rings is 1. The van der Waals surface area contributed by atoms with Crippen molar-refractivity contribution in [1.82, 2.24) is 29.1 Å². The first-order chi connectivity index (χ1) is 25.7. The molecule has 2 aliphatic rings. The zero-order valence-corrected chi connectivity index (χ0v) is 31.7. The molecule has 2 saturated heterocycles. The summed E-state index contributed by atoms with van der Waals surface area (Å²) in [4.78, 5) is 21.6. The summed E-state index contributed by atoms with van der Waals surface area (Å²) in [5.41, 5.74) is 3.64. The fourth-order valence-electron chi connectivity index (χ4n) is 6.24. The summed E-state index contributed by atoms with van der Waals surface area (Å²) < 4.78 is 23.7. The molecule has 7 rings (SSSR count). The van der Waals surface area contributed by atoms with Crippen molar-refractivity contribution in [3.05, 3.63) is 112 Å². The number of halogens is 2. The van der Waals surface area contributed by atoms with Crippen LogP contribution in [0.5, 0.6) is 5.75 Å². The van der Waals surface area contributed by atoms with E-state index in [0.29, 0.717) is 35.4 Å². The van der Waals surface area contributed by atoms with Crippen molar-refractivity contribution < 1.29 is 19.3 Å². The van der Waals surface area contributed by atoms with Gasteiger partial charge in [0.25, 0.3) is 0 Å². The lowest BCUT2D eigenvalue weighted by atomic mass is 10.1. The molecule has 0 amide bonds. The molecule has 4 heterocycles. The van der Waals surface area contributed by atoms with E-state index < -0.39 is 5.79 Å². The smallest absolute Gasteiger partial charge is 0.350 e. The number of aliphatic hydroxyl groups excluding tert-OH is 1. The Labute approximate surface area is 319 Å². The van der Waals surface area contributed by atoms with E-state index in [9.17, 15) is 4.79 Å². The van der Waals surface area contributed by atoms with Gasteiger partial charge >= 0.3 is 5.69 Å². The summed E-state index contributed by atoms with van der Waals surface area (Å²) >= 11 is 12.7. The molecule has 3 aromatic carbocycles. The Balaban J connectivity index is 0.00000114. The minimum Gasteiger partial charge on any atom is -0.491 e. The summed E-state index contributed by atoms with van der Waals surface area (Å²) in [6.07, 6.45) is 6.06. The molecule has 2 aromatic heterocycles. The molecule has 2 aliphatic heterocycles. The first-order valence-electron chi connectivity index (χ1n) is 17.9. The highest BCUT2D eigenvalue weighted by atomic mass is 35.5. The number of aliphatic hydroxyl groups is 1. The molecule has 0 spiro atoms. The molecular weight excluding hydrogens is 719 g/mol. The second kappa shape index (κ2) is 17.6. The summed E-state index contributed by atoms with van der Waals surface area (Å²) in [6, 6.07) is 21.6. The maximum Gasteiger partial charge on any atom is 0.350 e. The molecule has 282 valence electrons. The molecule has 0 saturated carbocycles. The Morgan fingerprint density at radius 1 is 0.925 bits per heavy atom. The predicted molar refractivity (Wildman–Crippen MR) is 206 cm³/mol. The molecule has 1 unspecified atom stereocenters. The second-order valence-corrected chi connectivity index (χ2v) is 13.9. The van der Waals surface area contributed by atoms with Crippen LogP contribution in [0.1, 0.15) is 45.2 Å². The molecule has 3 atom stereocenters. The highest BCUT2D eigenvalue weighted by molar-refractivity contribution is 6.35. The van der Waals surface area contributed by atoms with Crippen LogP contribution in [0.3, 0.4) is 0 Å². The lowest BCUT2D eigenvalue weighted by Gasteiger charge is -2.37. The number of aromatic nitrogens is 6. The number of hydrogen-bond donors (Lipinski definition) is 1. The van der Waals surface area contributed by atoms with Crippen molar-refractivity contribution in [1.29, 1.82) is 0 Å². The van der Waals surface area contributed by atoms with Gasteiger partial charge in [0.1, 0.15) is 44.0 Å². The molecule has 0 aliphatic carbocycles. The Hall–Kier alpha value is -4.40. The molecule has 15 heteroatoms. The van der Waals surface area contributed by atoms with Crippen molar-refractivity contribution in [2.45, 2.75) is 58.1 Å². The first kappa shape index (κ1) is 38.3. The van der Waals surface area contributed by atoms with Crippen LogP contribution in [0, 0.1) is 0 Å². The lowest BCUT2D eigenvalue weighted by molar-refractivity contribution is -0.190. The summed E-state index contributed by atoms with van der Waals surface area (Å²) in [7, 11) is 0. The molecular formula is C38H46Cl2N8O5. The lowest BCUT2D eigenvalue weighted by Crippen LogP contribution is -2.46. The van der Waals surface area contributed by atoms with E-state index >= 15 is 0 Å². The van der Waals surface area contributed by atoms with Crippen molar-refractivity contribution in [3.8, 4) is 11.4 Å². The Morgan fingerprint density at radius 2 is 1.57 bits per heavy atom. The van der Waals surface area contributed by atoms with Crippen molar-refractivity contribution in [2.24, 2.45) is 0 Å². The van der Waals surface area contributed by atoms with Crippen molar-refractivity contribution >= 4 is 34.6 Å². The molecule has 1 N–H and O–H groups in total. The maximum atomic E-state index is 12.8. The monoisotopic (exact) mass is 764 g/mol. The number of anilines is 2. The van der Waals surface area contributed by atoms with Crippen LogP contribution < -0.4 is 20.2 Å². The molecule has 53 heavy (non-hydrogen) atoms. The van der Waals surface area contributed by atoms with Gasteiger partial charge in [0.15, 0.2) is 0 Å². The quantitative estimate of drug-likeness (QED) is 0.163. The van der Waals surface area contributed by atoms with E-state index in [1.54, 1.807) is 34.0 Å². The zero-order valence-electron chi connectivity index (χ0n) is 30.2. The van der Waals surface area contributed by atoms with Gasteiger partial charge in [-0.05, 0) is 80.4 Å². The molecule has 13 nitrogen and oxygen atoms in total. The number of nitrogens with zero attached hydrogens (tertiary/aromatic N) is 8. The van der Waals surface area contributed by atoms with Gasteiger partial charge in [-0.1, -0.05) is 43.1 Å². The number of ether oxygens (including phenoxy) is 3.